The lowest BCUT2D eigenvalue weighted by atomic mass is 10.3. The van der Waals surface area contributed by atoms with Gasteiger partial charge in [0.1, 0.15) is 0 Å². The molecule has 0 saturated heterocycles. The van der Waals surface area contributed by atoms with E-state index >= 15 is 0 Å². The zero-order valence-corrected chi connectivity index (χ0v) is 8.83. The molecule has 0 radical (unpaired) electrons. The minimum absolute atomic E-state index is 0.664. The third-order valence-electron chi connectivity index (χ3n) is 1.57. The zero-order valence-electron chi connectivity index (χ0n) is 7.19. The molecule has 0 aliphatic heterocycles. The van der Waals surface area contributed by atoms with Crippen LogP contribution < -0.4 is 5.73 Å². The highest BCUT2D eigenvalue weighted by atomic mass is 32.2. The van der Waals surface area contributed by atoms with E-state index < -0.39 is 0 Å². The maximum absolute atomic E-state index is 5.46. The first-order valence-corrected chi connectivity index (χ1v) is 5.95. The molecule has 0 aliphatic rings. The molecule has 0 saturated carbocycles. The minimum atomic E-state index is 0.664. The second-order valence-electron chi connectivity index (χ2n) is 2.67. The van der Waals surface area contributed by atoms with Crippen LogP contribution in [0.2, 0.25) is 0 Å². The molecule has 2 nitrogen and oxygen atoms in total. The molecule has 1 atom stereocenters. The van der Waals surface area contributed by atoms with Crippen LogP contribution in [0.15, 0.2) is 11.7 Å². The molecule has 1 heterocycles. The van der Waals surface area contributed by atoms with Crippen LogP contribution in [-0.4, -0.2) is 16.8 Å². The lowest BCUT2D eigenvalue weighted by molar-refractivity contribution is 0.823. The van der Waals surface area contributed by atoms with E-state index in [4.69, 9.17) is 5.73 Å². The number of nitrogens with two attached hydrogens (primary N) is 1. The van der Waals surface area contributed by atoms with Crippen molar-refractivity contribution in [3.63, 3.8) is 0 Å². The summed E-state index contributed by atoms with van der Waals surface area (Å²) in [5, 5.41) is 0.664. The molecule has 12 heavy (non-hydrogen) atoms. The third kappa shape index (κ3) is 3.56. The number of aromatic nitrogens is 1. The molecule has 68 valence electrons. The molecule has 1 rings (SSSR count). The second-order valence-corrected chi connectivity index (χ2v) is 5.06. The zero-order chi connectivity index (χ0) is 8.81. The summed E-state index contributed by atoms with van der Waals surface area (Å²) in [6.45, 7) is 3.01. The average molecular weight is 202 g/mol. The van der Waals surface area contributed by atoms with E-state index in [0.717, 1.165) is 18.7 Å². The molecular weight excluding hydrogens is 188 g/mol. The van der Waals surface area contributed by atoms with Crippen LogP contribution in [-0.2, 0) is 5.75 Å². The molecule has 0 aromatic carbocycles. The van der Waals surface area contributed by atoms with Crippen molar-refractivity contribution in [3.8, 4) is 0 Å². The Balaban J connectivity index is 2.17. The lowest BCUT2D eigenvalue weighted by Gasteiger charge is -2.07. The molecule has 4 heteroatoms. The Morgan fingerprint density at radius 1 is 1.75 bits per heavy atom. The molecule has 2 N–H and O–H groups in total. The van der Waals surface area contributed by atoms with Crippen molar-refractivity contribution >= 4 is 23.1 Å². The van der Waals surface area contributed by atoms with E-state index in [0.29, 0.717) is 5.25 Å². The predicted octanol–water partition coefficient (Wildman–Crippen LogP) is 2.11. The summed E-state index contributed by atoms with van der Waals surface area (Å²) < 4.78 is 0. The van der Waals surface area contributed by atoms with Gasteiger partial charge in [-0.15, -0.1) is 11.3 Å². The molecule has 0 spiro atoms. The molecule has 0 aliphatic carbocycles. The van der Waals surface area contributed by atoms with Crippen LogP contribution in [0.25, 0.3) is 0 Å². The van der Waals surface area contributed by atoms with Crippen LogP contribution >= 0.6 is 23.1 Å². The van der Waals surface area contributed by atoms with E-state index in [1.807, 2.05) is 23.5 Å². The molecular formula is C8H14N2S2. The number of thiazole rings is 1. The first-order chi connectivity index (χ1) is 5.83. The van der Waals surface area contributed by atoms with Gasteiger partial charge in [0.15, 0.2) is 0 Å². The monoisotopic (exact) mass is 202 g/mol. The molecule has 0 amide bonds. The molecule has 1 aromatic rings. The number of nitrogens with zero attached hydrogens (tertiary/aromatic N) is 1. The van der Waals surface area contributed by atoms with Gasteiger partial charge >= 0.3 is 0 Å². The molecule has 1 aromatic heterocycles. The maximum atomic E-state index is 5.46. The smallest absolute Gasteiger partial charge is 0.0794 e. The summed E-state index contributed by atoms with van der Waals surface area (Å²) in [5.41, 5.74) is 7.33. The molecule has 1 unspecified atom stereocenters. The van der Waals surface area contributed by atoms with Crippen LogP contribution in [0.3, 0.4) is 0 Å². The topological polar surface area (TPSA) is 38.9 Å². The third-order valence-corrected chi connectivity index (χ3v) is 3.81. The van der Waals surface area contributed by atoms with Gasteiger partial charge in [0, 0.05) is 22.1 Å². The van der Waals surface area contributed by atoms with Gasteiger partial charge in [0.05, 0.1) is 5.51 Å². The molecule has 0 fully saturated rings. The highest BCUT2D eigenvalue weighted by Crippen LogP contribution is 2.21. The Labute approximate surface area is 81.6 Å². The van der Waals surface area contributed by atoms with Crippen molar-refractivity contribution in [1.29, 1.82) is 0 Å². The maximum Gasteiger partial charge on any atom is 0.0794 e. The Hall–Kier alpha value is -0.0600. The highest BCUT2D eigenvalue weighted by molar-refractivity contribution is 7.99. The van der Waals surface area contributed by atoms with Crippen LogP contribution in [0.4, 0.5) is 0 Å². The van der Waals surface area contributed by atoms with Crippen LogP contribution in [0.1, 0.15) is 18.2 Å². The number of thioether (sulfide) groups is 1. The van der Waals surface area contributed by atoms with Crippen molar-refractivity contribution in [2.75, 3.05) is 6.54 Å². The first kappa shape index (κ1) is 10.0. The van der Waals surface area contributed by atoms with Crippen molar-refractivity contribution in [1.82, 2.24) is 4.98 Å². The lowest BCUT2D eigenvalue weighted by Crippen LogP contribution is -2.06. The number of hydrogen-bond acceptors (Lipinski definition) is 4. The van der Waals surface area contributed by atoms with Crippen molar-refractivity contribution in [3.05, 3.63) is 16.6 Å². The summed E-state index contributed by atoms with van der Waals surface area (Å²) in [7, 11) is 0. The fraction of sp³-hybridized carbons (Fsp3) is 0.625. The van der Waals surface area contributed by atoms with Gasteiger partial charge in [-0.1, -0.05) is 6.92 Å². The van der Waals surface area contributed by atoms with E-state index in [2.05, 4.69) is 11.9 Å². The standard InChI is InChI=1S/C8H14N2S2/c1-7(2-3-9)11-5-8-4-10-6-12-8/h4,6-7H,2-3,5,9H2,1H3. The number of rotatable bonds is 5. The quantitative estimate of drug-likeness (QED) is 0.795. The van der Waals surface area contributed by atoms with Gasteiger partial charge in [-0.2, -0.15) is 11.8 Å². The van der Waals surface area contributed by atoms with E-state index in [9.17, 15) is 0 Å². The van der Waals surface area contributed by atoms with Crippen molar-refractivity contribution in [2.24, 2.45) is 5.73 Å². The van der Waals surface area contributed by atoms with Gasteiger partial charge in [-0.25, -0.2) is 0 Å². The van der Waals surface area contributed by atoms with Gasteiger partial charge in [-0.3, -0.25) is 4.98 Å². The van der Waals surface area contributed by atoms with Gasteiger partial charge < -0.3 is 5.73 Å². The first-order valence-electron chi connectivity index (χ1n) is 4.02. The van der Waals surface area contributed by atoms with Crippen molar-refractivity contribution < 1.29 is 0 Å². The highest BCUT2D eigenvalue weighted by Gasteiger charge is 2.02. The minimum Gasteiger partial charge on any atom is -0.330 e. The Bertz CT molecular complexity index is 199. The average Bonchev–Trinajstić information content (AvgIpc) is 2.53. The Morgan fingerprint density at radius 3 is 3.17 bits per heavy atom. The Kier molecular flexibility index (Phi) is 4.65. The summed E-state index contributed by atoms with van der Waals surface area (Å²) in [4.78, 5) is 5.38. The van der Waals surface area contributed by atoms with Crippen molar-refractivity contribution in [2.45, 2.75) is 24.3 Å². The summed E-state index contributed by atoms with van der Waals surface area (Å²) >= 11 is 3.67. The van der Waals surface area contributed by atoms with Gasteiger partial charge in [0.25, 0.3) is 0 Å². The normalized spacial score (nSPS) is 13.2. The fourth-order valence-corrected chi connectivity index (χ4v) is 2.54. The Morgan fingerprint density at radius 2 is 2.58 bits per heavy atom. The predicted molar refractivity (Wildman–Crippen MR) is 56.5 cm³/mol. The SMILES string of the molecule is CC(CCN)SCc1cncs1. The summed E-state index contributed by atoms with van der Waals surface area (Å²) in [6.07, 6.45) is 3.04. The second kappa shape index (κ2) is 5.56. The van der Waals surface area contributed by atoms with E-state index in [1.54, 1.807) is 11.3 Å². The largest absolute Gasteiger partial charge is 0.330 e. The van der Waals surface area contributed by atoms with E-state index in [1.165, 1.54) is 4.88 Å². The number of hydrogen-bond donors (Lipinski definition) is 1. The summed E-state index contributed by atoms with van der Waals surface area (Å²) in [6, 6.07) is 0. The van der Waals surface area contributed by atoms with Gasteiger partial charge in [0.2, 0.25) is 0 Å². The molecule has 0 bridgehead atoms. The van der Waals surface area contributed by atoms with Gasteiger partial charge in [-0.05, 0) is 13.0 Å². The van der Waals surface area contributed by atoms with E-state index in [-0.39, 0.29) is 0 Å². The van der Waals surface area contributed by atoms with Crippen LogP contribution in [0.5, 0.6) is 0 Å². The van der Waals surface area contributed by atoms with Crippen LogP contribution in [0, 0.1) is 0 Å². The summed E-state index contributed by atoms with van der Waals surface area (Å²) in [5.74, 6) is 1.08. The fourth-order valence-electron chi connectivity index (χ4n) is 0.856.